The summed E-state index contributed by atoms with van der Waals surface area (Å²) >= 11 is 0. The predicted octanol–water partition coefficient (Wildman–Crippen LogP) is -2.10. The van der Waals surface area contributed by atoms with Crippen molar-refractivity contribution in [1.29, 1.82) is 0 Å². The number of hydrogen-bond acceptors (Lipinski definition) is 9. The van der Waals surface area contributed by atoms with Gasteiger partial charge in [-0.3, -0.25) is 19.4 Å². The van der Waals surface area contributed by atoms with Gasteiger partial charge in [0, 0.05) is 6.54 Å². The second kappa shape index (κ2) is 6.22. The molecular formula is C16H20F3N7O4. The van der Waals surface area contributed by atoms with Crippen molar-refractivity contribution in [1.82, 2.24) is 15.5 Å². The smallest absolute Gasteiger partial charge is 0.403 e. The first kappa shape index (κ1) is 20.2. The highest BCUT2D eigenvalue weighted by Crippen LogP contribution is 2.57. The fourth-order valence-corrected chi connectivity index (χ4v) is 4.52. The summed E-state index contributed by atoms with van der Waals surface area (Å²) in [6.07, 6.45) is -5.85. The van der Waals surface area contributed by atoms with E-state index in [1.165, 1.54) is 4.90 Å². The molecule has 14 heteroatoms. The van der Waals surface area contributed by atoms with Gasteiger partial charge in [0.1, 0.15) is 17.0 Å². The Bertz CT molecular complexity index is 885. The van der Waals surface area contributed by atoms with Gasteiger partial charge in [0.05, 0.1) is 25.0 Å². The third kappa shape index (κ3) is 2.69. The maximum absolute atomic E-state index is 13.4. The number of nitrogens with zero attached hydrogens (tertiary/aromatic N) is 3. The average molecular weight is 431 g/mol. The molecular weight excluding hydrogens is 411 g/mol. The van der Waals surface area contributed by atoms with Crippen LogP contribution in [0, 0.1) is 5.41 Å². The Morgan fingerprint density at radius 1 is 1.33 bits per heavy atom. The molecule has 4 rings (SSSR count). The number of aliphatic imine (C=N–C) groups is 2. The Labute approximate surface area is 167 Å². The van der Waals surface area contributed by atoms with E-state index < -0.39 is 59.3 Å². The topological polar surface area (TPSA) is 175 Å². The molecule has 30 heavy (non-hydrogen) atoms. The van der Waals surface area contributed by atoms with Crippen LogP contribution < -0.4 is 22.1 Å². The van der Waals surface area contributed by atoms with Gasteiger partial charge in [0.25, 0.3) is 0 Å². The molecule has 7 N–H and O–H groups in total. The molecule has 1 saturated heterocycles. The molecule has 1 aliphatic carbocycles. The molecule has 0 bridgehead atoms. The van der Waals surface area contributed by atoms with E-state index in [2.05, 4.69) is 20.6 Å². The molecule has 11 nitrogen and oxygen atoms in total. The standard InChI is InChI=1S/C16H20F3N7O4/c17-16(18,19)14(1-2-14)11(30)23-7-4-26-13(21)24-6(3-8(27)28)9-15(26,10(7)29)5-22-12(20)25-9/h6-7,9H,1-5H2,(H2,21,24)(H,23,30)(H,27,28)(H3,20,22,25)/t6-,7-,9?,15+/m0/s1. The lowest BCUT2D eigenvalue weighted by Gasteiger charge is -2.49. The van der Waals surface area contributed by atoms with Gasteiger partial charge in [-0.15, -0.1) is 0 Å². The molecule has 164 valence electrons. The summed E-state index contributed by atoms with van der Waals surface area (Å²) in [6.45, 7) is -0.403. The van der Waals surface area contributed by atoms with Crippen LogP contribution in [-0.4, -0.2) is 82.5 Å². The Balaban J connectivity index is 1.65. The molecule has 2 fully saturated rings. The number of ketones is 1. The van der Waals surface area contributed by atoms with Crippen LogP contribution in [0.25, 0.3) is 0 Å². The summed E-state index contributed by atoms with van der Waals surface area (Å²) in [7, 11) is 0. The fourth-order valence-electron chi connectivity index (χ4n) is 4.52. The number of hydrogen-bond donors (Lipinski definition) is 5. The normalized spacial score (nSPS) is 34.2. The van der Waals surface area contributed by atoms with E-state index >= 15 is 0 Å². The van der Waals surface area contributed by atoms with Gasteiger partial charge in [-0.05, 0) is 12.8 Å². The van der Waals surface area contributed by atoms with Crippen molar-refractivity contribution in [3.05, 3.63) is 0 Å². The number of nitrogens with one attached hydrogen (secondary N) is 2. The Kier molecular flexibility index (Phi) is 4.19. The number of amides is 1. The fraction of sp³-hybridized carbons (Fsp3) is 0.688. The summed E-state index contributed by atoms with van der Waals surface area (Å²) in [5.74, 6) is -3.22. The number of halogens is 3. The number of Topliss-reactive ketones (excluding diaryl/α,β-unsaturated/α-hetero) is 1. The second-order valence-electron chi connectivity index (χ2n) is 7.98. The monoisotopic (exact) mass is 431 g/mol. The zero-order chi connectivity index (χ0) is 22.1. The van der Waals surface area contributed by atoms with Crippen LogP contribution in [0.5, 0.6) is 0 Å². The van der Waals surface area contributed by atoms with Crippen molar-refractivity contribution in [2.24, 2.45) is 26.9 Å². The maximum Gasteiger partial charge on any atom is 0.403 e. The first-order valence-corrected chi connectivity index (χ1v) is 9.23. The minimum atomic E-state index is -4.72. The molecule has 4 aliphatic rings. The third-order valence-corrected chi connectivity index (χ3v) is 6.27. The van der Waals surface area contributed by atoms with E-state index in [0.717, 1.165) is 0 Å². The summed E-state index contributed by atoms with van der Waals surface area (Å²) in [4.78, 5) is 46.5. The van der Waals surface area contributed by atoms with Crippen LogP contribution in [0.3, 0.4) is 0 Å². The Morgan fingerprint density at radius 3 is 2.57 bits per heavy atom. The van der Waals surface area contributed by atoms with Gasteiger partial charge >= 0.3 is 12.1 Å². The van der Waals surface area contributed by atoms with Gasteiger partial charge in [-0.2, -0.15) is 13.2 Å². The molecule has 1 saturated carbocycles. The van der Waals surface area contributed by atoms with Crippen molar-refractivity contribution in [3.63, 3.8) is 0 Å². The Morgan fingerprint density at radius 2 is 2.00 bits per heavy atom. The number of carboxylic acids is 1. The van der Waals surface area contributed by atoms with Crippen molar-refractivity contribution in [3.8, 4) is 0 Å². The molecule has 4 atom stereocenters. The summed E-state index contributed by atoms with van der Waals surface area (Å²) in [6, 6.07) is -3.17. The highest BCUT2D eigenvalue weighted by Gasteiger charge is 2.70. The molecule has 1 unspecified atom stereocenters. The molecule has 0 aromatic carbocycles. The van der Waals surface area contributed by atoms with Crippen molar-refractivity contribution < 1.29 is 32.7 Å². The summed E-state index contributed by atoms with van der Waals surface area (Å²) in [5.41, 5.74) is 7.69. The highest BCUT2D eigenvalue weighted by atomic mass is 19.4. The molecule has 0 aromatic heterocycles. The summed E-state index contributed by atoms with van der Waals surface area (Å²) < 4.78 is 39.8. The lowest BCUT2D eigenvalue weighted by molar-refractivity contribution is -0.192. The van der Waals surface area contributed by atoms with E-state index in [4.69, 9.17) is 11.5 Å². The number of guanidine groups is 2. The van der Waals surface area contributed by atoms with E-state index in [0.29, 0.717) is 0 Å². The minimum absolute atomic E-state index is 0.0223. The van der Waals surface area contributed by atoms with Gasteiger partial charge in [-0.25, -0.2) is 4.99 Å². The highest BCUT2D eigenvalue weighted by molar-refractivity contribution is 6.05. The van der Waals surface area contributed by atoms with E-state index in [1.54, 1.807) is 0 Å². The number of carbonyl (C=O) groups excluding carboxylic acids is 2. The van der Waals surface area contributed by atoms with Crippen LogP contribution >= 0.6 is 0 Å². The molecule has 3 heterocycles. The maximum atomic E-state index is 13.4. The number of rotatable bonds is 4. The second-order valence-corrected chi connectivity index (χ2v) is 7.98. The van der Waals surface area contributed by atoms with Crippen LogP contribution in [-0.2, 0) is 14.4 Å². The zero-order valence-corrected chi connectivity index (χ0v) is 15.6. The van der Waals surface area contributed by atoms with Crippen LogP contribution in [0.2, 0.25) is 0 Å². The predicted molar refractivity (Wildman–Crippen MR) is 95.2 cm³/mol. The number of nitrogens with two attached hydrogens (primary N) is 2. The lowest BCUT2D eigenvalue weighted by Crippen LogP contribution is -2.75. The largest absolute Gasteiger partial charge is 0.481 e. The van der Waals surface area contributed by atoms with Gasteiger partial charge in [-0.1, -0.05) is 0 Å². The first-order valence-electron chi connectivity index (χ1n) is 9.23. The molecule has 0 aromatic rings. The lowest BCUT2D eigenvalue weighted by atomic mass is 9.78. The third-order valence-electron chi connectivity index (χ3n) is 6.27. The van der Waals surface area contributed by atoms with E-state index in [-0.39, 0.29) is 37.9 Å². The van der Waals surface area contributed by atoms with E-state index in [9.17, 15) is 32.7 Å². The minimum Gasteiger partial charge on any atom is -0.481 e. The van der Waals surface area contributed by atoms with Crippen LogP contribution in [0.1, 0.15) is 19.3 Å². The van der Waals surface area contributed by atoms with E-state index in [1.807, 2.05) is 0 Å². The van der Waals surface area contributed by atoms with Gasteiger partial charge in [0.2, 0.25) is 5.91 Å². The van der Waals surface area contributed by atoms with Crippen molar-refractivity contribution in [2.45, 2.75) is 49.1 Å². The first-order chi connectivity index (χ1) is 13.9. The van der Waals surface area contributed by atoms with Gasteiger partial charge in [0.15, 0.2) is 17.7 Å². The van der Waals surface area contributed by atoms with Crippen molar-refractivity contribution >= 4 is 29.6 Å². The number of alkyl halides is 3. The van der Waals surface area contributed by atoms with Crippen LogP contribution in [0.15, 0.2) is 9.98 Å². The molecule has 3 aliphatic heterocycles. The summed E-state index contributed by atoms with van der Waals surface area (Å²) in [5, 5.41) is 14.2. The molecule has 0 radical (unpaired) electrons. The number of carbonyl (C=O) groups is 3. The average Bonchev–Trinajstić information content (AvgIpc) is 3.41. The Hall–Kier alpha value is -3.06. The number of aliphatic carboxylic acids is 1. The quantitative estimate of drug-likeness (QED) is 0.336. The zero-order valence-electron chi connectivity index (χ0n) is 15.6. The SMILES string of the molecule is NC1=NC[C@@]23C(=O)[C@@H](NC(=O)C4(C(F)(F)F)CC4)CN2C(N)=N[C@@H](CC(=O)O)C3N1. The molecule has 1 amide bonds. The van der Waals surface area contributed by atoms with Crippen LogP contribution in [0.4, 0.5) is 13.2 Å². The molecule has 1 spiro atoms. The number of carboxylic acid groups (broad SMARTS) is 1. The van der Waals surface area contributed by atoms with Gasteiger partial charge < -0.3 is 32.1 Å². The van der Waals surface area contributed by atoms with Crippen molar-refractivity contribution in [2.75, 3.05) is 13.1 Å².